The van der Waals surface area contributed by atoms with E-state index in [2.05, 4.69) is 5.32 Å². The van der Waals surface area contributed by atoms with Crippen LogP contribution in [-0.4, -0.2) is 35.1 Å². The third-order valence-corrected chi connectivity index (χ3v) is 3.28. The Morgan fingerprint density at radius 3 is 2.79 bits per heavy atom. The van der Waals surface area contributed by atoms with Crippen LogP contribution in [0.4, 0.5) is 14.9 Å². The number of hydrogen-bond donors (Lipinski definition) is 2. The van der Waals surface area contributed by atoms with Gasteiger partial charge in [-0.1, -0.05) is 12.1 Å². The second-order valence-corrected chi connectivity index (χ2v) is 4.63. The molecule has 102 valence electrons. The van der Waals surface area contributed by atoms with Crippen LogP contribution in [0.15, 0.2) is 18.2 Å². The zero-order valence-corrected chi connectivity index (χ0v) is 10.5. The number of carboxylic acid groups (broad SMARTS) is 1. The van der Waals surface area contributed by atoms with Gasteiger partial charge in [-0.15, -0.1) is 0 Å². The highest BCUT2D eigenvalue weighted by Gasteiger charge is 2.31. The maximum absolute atomic E-state index is 13.6. The smallest absolute Gasteiger partial charge is 0.321 e. The van der Waals surface area contributed by atoms with Gasteiger partial charge in [-0.3, -0.25) is 4.79 Å². The average molecular weight is 266 g/mol. The topological polar surface area (TPSA) is 69.6 Å². The van der Waals surface area contributed by atoms with Crippen molar-refractivity contribution in [3.63, 3.8) is 0 Å². The molecule has 1 aliphatic rings. The number of anilines is 1. The minimum absolute atomic E-state index is 0.145. The first-order chi connectivity index (χ1) is 8.99. The van der Waals surface area contributed by atoms with E-state index in [0.29, 0.717) is 18.5 Å². The number of carboxylic acids is 1. The van der Waals surface area contributed by atoms with Crippen molar-refractivity contribution in [2.75, 3.05) is 18.4 Å². The number of nitrogens with one attached hydrogen (secondary N) is 1. The molecule has 1 heterocycles. The van der Waals surface area contributed by atoms with Crippen molar-refractivity contribution in [1.82, 2.24) is 4.90 Å². The summed E-state index contributed by atoms with van der Waals surface area (Å²) < 4.78 is 13.6. The molecule has 1 atom stereocenters. The van der Waals surface area contributed by atoms with Gasteiger partial charge in [0, 0.05) is 13.1 Å². The van der Waals surface area contributed by atoms with Gasteiger partial charge in [-0.25, -0.2) is 9.18 Å². The van der Waals surface area contributed by atoms with E-state index in [-0.39, 0.29) is 12.2 Å². The summed E-state index contributed by atoms with van der Waals surface area (Å²) in [7, 11) is 0. The van der Waals surface area contributed by atoms with Crippen LogP contribution < -0.4 is 5.32 Å². The lowest BCUT2D eigenvalue weighted by Crippen LogP contribution is -2.34. The van der Waals surface area contributed by atoms with E-state index in [1.54, 1.807) is 19.1 Å². The van der Waals surface area contributed by atoms with Gasteiger partial charge in [-0.2, -0.15) is 0 Å². The number of carbonyl (C=O) groups is 2. The number of likely N-dealkylation sites (tertiary alicyclic amines) is 1. The number of aryl methyl sites for hydroxylation is 1. The van der Waals surface area contributed by atoms with E-state index in [1.165, 1.54) is 11.0 Å². The van der Waals surface area contributed by atoms with E-state index in [9.17, 15) is 14.0 Å². The molecule has 6 heteroatoms. The number of hydrogen-bond acceptors (Lipinski definition) is 2. The summed E-state index contributed by atoms with van der Waals surface area (Å²) >= 11 is 0. The Bertz CT molecular complexity index is 498. The van der Waals surface area contributed by atoms with Crippen molar-refractivity contribution in [2.24, 2.45) is 5.92 Å². The van der Waals surface area contributed by atoms with Gasteiger partial charge in [0.05, 0.1) is 11.6 Å². The molecule has 2 rings (SSSR count). The molecule has 0 aliphatic carbocycles. The lowest BCUT2D eigenvalue weighted by atomic mass is 10.1. The molecule has 1 fully saturated rings. The van der Waals surface area contributed by atoms with Crippen molar-refractivity contribution in [1.29, 1.82) is 0 Å². The van der Waals surface area contributed by atoms with Gasteiger partial charge >= 0.3 is 12.0 Å². The number of para-hydroxylation sites is 1. The van der Waals surface area contributed by atoms with Gasteiger partial charge in [0.15, 0.2) is 0 Å². The van der Waals surface area contributed by atoms with Crippen molar-refractivity contribution >= 4 is 17.7 Å². The lowest BCUT2D eigenvalue weighted by Gasteiger charge is -2.18. The molecule has 1 unspecified atom stereocenters. The zero-order chi connectivity index (χ0) is 14.0. The summed E-state index contributed by atoms with van der Waals surface area (Å²) in [6, 6.07) is 4.07. The van der Waals surface area contributed by atoms with Crippen LogP contribution in [0.25, 0.3) is 0 Å². The number of benzene rings is 1. The fourth-order valence-electron chi connectivity index (χ4n) is 2.12. The van der Waals surface area contributed by atoms with E-state index in [4.69, 9.17) is 5.11 Å². The van der Waals surface area contributed by atoms with E-state index in [1.807, 2.05) is 0 Å². The fourth-order valence-corrected chi connectivity index (χ4v) is 2.12. The molecule has 0 aromatic heterocycles. The van der Waals surface area contributed by atoms with Gasteiger partial charge in [-0.05, 0) is 25.0 Å². The van der Waals surface area contributed by atoms with Crippen molar-refractivity contribution in [2.45, 2.75) is 13.3 Å². The summed E-state index contributed by atoms with van der Waals surface area (Å²) in [6.45, 7) is 2.23. The standard InChI is InChI=1S/C13H15FN2O3/c1-8-3-2-4-10(14)11(8)15-13(19)16-6-5-9(7-16)12(17)18/h2-4,9H,5-7H2,1H3,(H,15,19)(H,17,18). The highest BCUT2D eigenvalue weighted by molar-refractivity contribution is 5.91. The summed E-state index contributed by atoms with van der Waals surface area (Å²) in [4.78, 5) is 24.2. The summed E-state index contributed by atoms with van der Waals surface area (Å²) in [5.74, 6) is -1.94. The van der Waals surface area contributed by atoms with Crippen LogP contribution in [-0.2, 0) is 4.79 Å². The maximum atomic E-state index is 13.6. The van der Waals surface area contributed by atoms with Crippen LogP contribution in [0.5, 0.6) is 0 Å². The predicted octanol–water partition coefficient (Wildman–Crippen LogP) is 2.07. The highest BCUT2D eigenvalue weighted by Crippen LogP contribution is 2.21. The number of aliphatic carboxylic acids is 1. The average Bonchev–Trinajstić information content (AvgIpc) is 2.83. The molecule has 1 aromatic carbocycles. The number of nitrogens with zero attached hydrogens (tertiary/aromatic N) is 1. The Labute approximate surface area is 110 Å². The molecule has 1 saturated heterocycles. The molecule has 2 amide bonds. The van der Waals surface area contributed by atoms with Gasteiger partial charge in [0.1, 0.15) is 5.82 Å². The third kappa shape index (κ3) is 2.83. The van der Waals surface area contributed by atoms with E-state index < -0.39 is 23.7 Å². The second kappa shape index (κ2) is 5.26. The number of amides is 2. The molecule has 2 N–H and O–H groups in total. The monoisotopic (exact) mass is 266 g/mol. The van der Waals surface area contributed by atoms with Crippen molar-refractivity contribution in [3.05, 3.63) is 29.6 Å². The van der Waals surface area contributed by atoms with Crippen LogP contribution in [0.1, 0.15) is 12.0 Å². The van der Waals surface area contributed by atoms with Gasteiger partial charge in [0.25, 0.3) is 0 Å². The summed E-state index contributed by atoms with van der Waals surface area (Å²) in [6.07, 6.45) is 0.430. The van der Waals surface area contributed by atoms with Gasteiger partial charge < -0.3 is 15.3 Å². The van der Waals surface area contributed by atoms with Crippen LogP contribution in [0.2, 0.25) is 0 Å². The van der Waals surface area contributed by atoms with Crippen LogP contribution in [0.3, 0.4) is 0 Å². The molecule has 1 aromatic rings. The van der Waals surface area contributed by atoms with Gasteiger partial charge in [0.2, 0.25) is 0 Å². The second-order valence-electron chi connectivity index (χ2n) is 4.63. The van der Waals surface area contributed by atoms with E-state index in [0.717, 1.165) is 0 Å². The Balaban J connectivity index is 2.04. The molecule has 19 heavy (non-hydrogen) atoms. The molecular weight excluding hydrogens is 251 g/mol. The first kappa shape index (κ1) is 13.3. The van der Waals surface area contributed by atoms with E-state index >= 15 is 0 Å². The Kier molecular flexibility index (Phi) is 3.69. The first-order valence-electron chi connectivity index (χ1n) is 6.03. The largest absolute Gasteiger partial charge is 0.481 e. The van der Waals surface area contributed by atoms with Crippen LogP contribution in [0, 0.1) is 18.7 Å². The SMILES string of the molecule is Cc1cccc(F)c1NC(=O)N1CCC(C(=O)O)C1. The third-order valence-electron chi connectivity index (χ3n) is 3.28. The lowest BCUT2D eigenvalue weighted by molar-refractivity contribution is -0.141. The minimum atomic E-state index is -0.905. The number of carbonyl (C=O) groups excluding carboxylic acids is 1. The Morgan fingerprint density at radius 2 is 2.21 bits per heavy atom. The number of halogens is 1. The Hall–Kier alpha value is -2.11. The number of urea groups is 1. The first-order valence-corrected chi connectivity index (χ1v) is 6.03. The zero-order valence-electron chi connectivity index (χ0n) is 10.5. The molecule has 1 aliphatic heterocycles. The molecule has 5 nitrogen and oxygen atoms in total. The maximum Gasteiger partial charge on any atom is 0.321 e. The predicted molar refractivity (Wildman–Crippen MR) is 67.5 cm³/mol. The minimum Gasteiger partial charge on any atom is -0.481 e. The number of rotatable bonds is 2. The summed E-state index contributed by atoms with van der Waals surface area (Å²) in [5.41, 5.74) is 0.772. The quantitative estimate of drug-likeness (QED) is 0.861. The summed E-state index contributed by atoms with van der Waals surface area (Å²) in [5, 5.41) is 11.4. The van der Waals surface area contributed by atoms with Crippen molar-refractivity contribution in [3.8, 4) is 0 Å². The van der Waals surface area contributed by atoms with Crippen molar-refractivity contribution < 1.29 is 19.1 Å². The van der Waals surface area contributed by atoms with Crippen LogP contribution >= 0.6 is 0 Å². The molecule has 0 spiro atoms. The normalized spacial score (nSPS) is 18.4. The molecule has 0 bridgehead atoms. The fraction of sp³-hybridized carbons (Fsp3) is 0.385. The molecular formula is C13H15FN2O3. The molecule has 0 saturated carbocycles. The Morgan fingerprint density at radius 1 is 1.47 bits per heavy atom. The highest BCUT2D eigenvalue weighted by atomic mass is 19.1. The molecule has 0 radical (unpaired) electrons.